The number of Topliss-reactive ketones (excluding diaryl/α,β-unsaturated/α-hetero) is 1. The van der Waals surface area contributed by atoms with Crippen LogP contribution in [-0.2, 0) is 0 Å². The first-order valence-electron chi connectivity index (χ1n) is 4.15. The first-order chi connectivity index (χ1) is 6.58. The van der Waals surface area contributed by atoms with Crippen molar-refractivity contribution >= 4 is 32.8 Å². The van der Waals surface area contributed by atoms with Crippen molar-refractivity contribution in [1.82, 2.24) is 4.98 Å². The molecule has 0 amide bonds. The molecule has 0 spiro atoms. The van der Waals surface area contributed by atoms with Crippen molar-refractivity contribution in [1.29, 1.82) is 0 Å². The highest BCUT2D eigenvalue weighted by Crippen LogP contribution is 2.26. The summed E-state index contributed by atoms with van der Waals surface area (Å²) in [5.74, 6) is 0.614. The number of rotatable bonds is 1. The van der Waals surface area contributed by atoms with Crippen molar-refractivity contribution in [2.24, 2.45) is 0 Å². The van der Waals surface area contributed by atoms with Crippen LogP contribution >= 0.6 is 15.9 Å². The van der Waals surface area contributed by atoms with Gasteiger partial charge in [0, 0.05) is 17.0 Å². The fraction of sp³-hybridized carbons (Fsp3) is 0.200. The van der Waals surface area contributed by atoms with Gasteiger partial charge in [-0.05, 0) is 35.0 Å². The molecule has 4 heteroatoms. The first-order valence-corrected chi connectivity index (χ1v) is 4.95. The zero-order chi connectivity index (χ0) is 10.3. The summed E-state index contributed by atoms with van der Waals surface area (Å²) in [6.45, 7) is 3.30. The maximum absolute atomic E-state index is 11.2. The Morgan fingerprint density at radius 2 is 2.21 bits per heavy atom. The quantitative estimate of drug-likeness (QED) is 0.734. The molecule has 14 heavy (non-hydrogen) atoms. The molecule has 3 nitrogen and oxygen atoms in total. The van der Waals surface area contributed by atoms with Gasteiger partial charge in [0.2, 0.25) is 0 Å². The fourth-order valence-electron chi connectivity index (χ4n) is 1.30. The predicted molar refractivity (Wildman–Crippen MR) is 56.5 cm³/mol. The topological polar surface area (TPSA) is 43.1 Å². The molecule has 0 aliphatic carbocycles. The van der Waals surface area contributed by atoms with Crippen molar-refractivity contribution in [2.75, 3.05) is 0 Å². The van der Waals surface area contributed by atoms with Gasteiger partial charge in [-0.2, -0.15) is 0 Å². The van der Waals surface area contributed by atoms with Crippen LogP contribution in [0.3, 0.4) is 0 Å². The molecule has 0 aliphatic heterocycles. The van der Waals surface area contributed by atoms with Crippen LogP contribution in [-0.4, -0.2) is 10.8 Å². The lowest BCUT2D eigenvalue weighted by Crippen LogP contribution is -1.91. The lowest BCUT2D eigenvalue weighted by Gasteiger charge is -1.96. The highest BCUT2D eigenvalue weighted by Gasteiger charge is 2.10. The molecule has 0 fully saturated rings. The highest BCUT2D eigenvalue weighted by molar-refractivity contribution is 9.10. The Morgan fingerprint density at radius 3 is 2.86 bits per heavy atom. The minimum atomic E-state index is 0.0154. The van der Waals surface area contributed by atoms with Crippen molar-refractivity contribution in [3.8, 4) is 0 Å². The third-order valence-electron chi connectivity index (χ3n) is 1.96. The van der Waals surface area contributed by atoms with Gasteiger partial charge in [0.1, 0.15) is 5.52 Å². The average Bonchev–Trinajstić information content (AvgIpc) is 2.45. The van der Waals surface area contributed by atoms with Crippen molar-refractivity contribution in [3.63, 3.8) is 0 Å². The number of hydrogen-bond donors (Lipinski definition) is 0. The lowest BCUT2D eigenvalue weighted by molar-refractivity contribution is 0.101. The number of carbonyl (C=O) groups is 1. The largest absolute Gasteiger partial charge is 0.441 e. The monoisotopic (exact) mass is 253 g/mol. The molecule has 0 atom stereocenters. The van der Waals surface area contributed by atoms with Crippen LogP contribution in [0.2, 0.25) is 0 Å². The van der Waals surface area contributed by atoms with Gasteiger partial charge in [-0.25, -0.2) is 4.98 Å². The van der Waals surface area contributed by atoms with Gasteiger partial charge in [-0.3, -0.25) is 4.79 Å². The van der Waals surface area contributed by atoms with E-state index >= 15 is 0 Å². The van der Waals surface area contributed by atoms with E-state index in [-0.39, 0.29) is 5.78 Å². The highest BCUT2D eigenvalue weighted by atomic mass is 79.9. The molecule has 0 unspecified atom stereocenters. The fourth-order valence-corrected chi connectivity index (χ4v) is 1.83. The summed E-state index contributed by atoms with van der Waals surface area (Å²) in [6, 6.07) is 3.47. The summed E-state index contributed by atoms with van der Waals surface area (Å²) in [5.41, 5.74) is 2.02. The third kappa shape index (κ3) is 1.46. The molecule has 0 saturated heterocycles. The number of fused-ring (bicyclic) bond motifs is 1. The molecule has 1 aromatic heterocycles. The number of oxazole rings is 1. The summed E-state index contributed by atoms with van der Waals surface area (Å²) in [4.78, 5) is 15.4. The Morgan fingerprint density at radius 1 is 1.50 bits per heavy atom. The van der Waals surface area contributed by atoms with E-state index < -0.39 is 0 Å². The number of aryl methyl sites for hydroxylation is 1. The van der Waals surface area contributed by atoms with E-state index in [1.54, 1.807) is 19.1 Å². The van der Waals surface area contributed by atoms with Gasteiger partial charge in [-0.15, -0.1) is 0 Å². The van der Waals surface area contributed by atoms with Crippen LogP contribution < -0.4 is 0 Å². The number of carbonyl (C=O) groups excluding carboxylic acids is 1. The molecule has 0 radical (unpaired) electrons. The maximum Gasteiger partial charge on any atom is 0.192 e. The van der Waals surface area contributed by atoms with E-state index in [9.17, 15) is 4.79 Å². The second kappa shape index (κ2) is 3.20. The first kappa shape index (κ1) is 9.40. The molecule has 2 rings (SSSR count). The van der Waals surface area contributed by atoms with Crippen molar-refractivity contribution in [2.45, 2.75) is 13.8 Å². The zero-order valence-electron chi connectivity index (χ0n) is 7.80. The lowest BCUT2D eigenvalue weighted by atomic mass is 10.1. The molecule has 0 bridgehead atoms. The number of aromatic nitrogens is 1. The van der Waals surface area contributed by atoms with Crippen LogP contribution in [0.15, 0.2) is 21.0 Å². The Bertz CT molecular complexity index is 516. The number of benzene rings is 1. The van der Waals surface area contributed by atoms with Crippen LogP contribution in [0.5, 0.6) is 0 Å². The van der Waals surface area contributed by atoms with Crippen molar-refractivity contribution < 1.29 is 9.21 Å². The summed E-state index contributed by atoms with van der Waals surface area (Å²) >= 11 is 3.35. The van der Waals surface area contributed by atoms with Gasteiger partial charge >= 0.3 is 0 Å². The number of halogens is 1. The molecule has 1 aromatic carbocycles. The number of ketones is 1. The Balaban J connectivity index is 2.77. The van der Waals surface area contributed by atoms with Gasteiger partial charge in [-0.1, -0.05) is 0 Å². The minimum absolute atomic E-state index is 0.0154. The molecule has 0 aliphatic rings. The summed E-state index contributed by atoms with van der Waals surface area (Å²) in [6.07, 6.45) is 0. The van der Waals surface area contributed by atoms with Crippen LogP contribution in [0, 0.1) is 6.92 Å². The smallest absolute Gasteiger partial charge is 0.192 e. The molecule has 1 heterocycles. The maximum atomic E-state index is 11.2. The minimum Gasteiger partial charge on any atom is -0.441 e. The second-order valence-corrected chi connectivity index (χ2v) is 3.95. The Hall–Kier alpha value is -1.16. The molecule has 72 valence electrons. The number of hydrogen-bond acceptors (Lipinski definition) is 3. The molecule has 0 N–H and O–H groups in total. The third-order valence-corrected chi connectivity index (χ3v) is 2.57. The van der Waals surface area contributed by atoms with Gasteiger partial charge in [0.15, 0.2) is 17.3 Å². The SMILES string of the molecule is CC(=O)c1cc(Br)c2nc(C)oc2c1. The number of nitrogens with zero attached hydrogens (tertiary/aromatic N) is 1. The second-order valence-electron chi connectivity index (χ2n) is 3.09. The van der Waals surface area contributed by atoms with Gasteiger partial charge < -0.3 is 4.42 Å². The van der Waals surface area contributed by atoms with E-state index in [1.807, 2.05) is 0 Å². The molecule has 0 saturated carbocycles. The average molecular weight is 254 g/mol. The van der Waals surface area contributed by atoms with E-state index in [2.05, 4.69) is 20.9 Å². The molecule has 2 aromatic rings. The van der Waals surface area contributed by atoms with Gasteiger partial charge in [0.05, 0.1) is 0 Å². The van der Waals surface area contributed by atoms with E-state index in [4.69, 9.17) is 4.42 Å². The predicted octanol–water partition coefficient (Wildman–Crippen LogP) is 3.10. The van der Waals surface area contributed by atoms with Gasteiger partial charge in [0.25, 0.3) is 0 Å². The summed E-state index contributed by atoms with van der Waals surface area (Å²) in [5, 5.41) is 0. The normalized spacial score (nSPS) is 10.8. The summed E-state index contributed by atoms with van der Waals surface area (Å²) < 4.78 is 6.14. The zero-order valence-corrected chi connectivity index (χ0v) is 9.38. The summed E-state index contributed by atoms with van der Waals surface area (Å²) in [7, 11) is 0. The Labute approximate surface area is 89.3 Å². The standard InChI is InChI=1S/C10H8BrNO2/c1-5(13)7-3-8(11)10-9(4-7)14-6(2)12-10/h3-4H,1-2H3. The van der Waals surface area contributed by atoms with E-state index in [1.165, 1.54) is 6.92 Å². The van der Waals surface area contributed by atoms with Crippen LogP contribution in [0.25, 0.3) is 11.1 Å². The van der Waals surface area contributed by atoms with Crippen LogP contribution in [0.4, 0.5) is 0 Å². The van der Waals surface area contributed by atoms with E-state index in [0.29, 0.717) is 17.0 Å². The molecular formula is C10H8BrNO2. The van der Waals surface area contributed by atoms with Crippen molar-refractivity contribution in [3.05, 3.63) is 28.1 Å². The Kier molecular flexibility index (Phi) is 2.15. The molecular weight excluding hydrogens is 246 g/mol. The van der Waals surface area contributed by atoms with E-state index in [0.717, 1.165) is 9.99 Å². The van der Waals surface area contributed by atoms with Crippen LogP contribution in [0.1, 0.15) is 23.2 Å².